The van der Waals surface area contributed by atoms with Gasteiger partial charge in [0.05, 0.1) is 31.8 Å². The summed E-state index contributed by atoms with van der Waals surface area (Å²) >= 11 is 5.35. The lowest BCUT2D eigenvalue weighted by Gasteiger charge is -2.27. The van der Waals surface area contributed by atoms with Crippen molar-refractivity contribution in [1.29, 1.82) is 0 Å². The number of carboxylic acid groups (broad SMARTS) is 2. The van der Waals surface area contributed by atoms with E-state index in [0.29, 0.717) is 11.4 Å². The Morgan fingerprint density at radius 1 is 0.830 bits per heavy atom. The number of carbonyl (C=O) groups is 9. The van der Waals surface area contributed by atoms with Crippen molar-refractivity contribution in [2.45, 2.75) is 82.2 Å². The number of amides is 7. The van der Waals surface area contributed by atoms with E-state index in [2.05, 4.69) is 54.5 Å². The Morgan fingerprint density at radius 3 is 1.94 bits per heavy atom. The first kappa shape index (κ1) is 46.1. The van der Waals surface area contributed by atoms with Crippen LogP contribution in [0.4, 0.5) is 0 Å². The Labute approximate surface area is 314 Å². The molecule has 0 radical (unpaired) electrons. The van der Waals surface area contributed by atoms with E-state index < -0.39 is 109 Å². The molecule has 0 aliphatic carbocycles. The van der Waals surface area contributed by atoms with Crippen molar-refractivity contribution >= 4 is 77.7 Å². The van der Waals surface area contributed by atoms with Gasteiger partial charge in [-0.1, -0.05) is 13.8 Å². The van der Waals surface area contributed by atoms with Gasteiger partial charge < -0.3 is 58.6 Å². The van der Waals surface area contributed by atoms with Crippen LogP contribution in [0.25, 0.3) is 0 Å². The number of thiol groups is 1. The highest BCUT2D eigenvalue weighted by Crippen LogP contribution is 2.09. The number of carboxylic acids is 2. The topological polar surface area (TPSA) is 347 Å². The molecule has 21 nitrogen and oxygen atoms in total. The van der Waals surface area contributed by atoms with Crippen molar-refractivity contribution in [3.8, 4) is 0 Å². The minimum atomic E-state index is -1.69. The third kappa shape index (κ3) is 17.9. The summed E-state index contributed by atoms with van der Waals surface area (Å²) in [5.41, 5.74) is 11.1. The van der Waals surface area contributed by atoms with Gasteiger partial charge in [0.1, 0.15) is 30.2 Å². The number of hydrogen-bond acceptors (Lipinski definition) is 13. The molecule has 53 heavy (non-hydrogen) atoms. The van der Waals surface area contributed by atoms with Gasteiger partial charge in [-0.3, -0.25) is 38.4 Å². The lowest BCUT2D eigenvalue weighted by molar-refractivity contribution is -0.143. The minimum absolute atomic E-state index is 0.00340. The average molecular weight is 789 g/mol. The van der Waals surface area contributed by atoms with Crippen LogP contribution in [0, 0.1) is 5.92 Å². The van der Waals surface area contributed by atoms with Crippen LogP contribution in [0.5, 0.6) is 0 Å². The molecule has 0 bridgehead atoms. The van der Waals surface area contributed by atoms with Crippen LogP contribution in [0.3, 0.4) is 0 Å². The van der Waals surface area contributed by atoms with E-state index in [9.17, 15) is 53.4 Å². The summed E-state index contributed by atoms with van der Waals surface area (Å²) in [5.74, 6) is -9.16. The van der Waals surface area contributed by atoms with Crippen LogP contribution in [0.1, 0.15) is 45.2 Å². The van der Waals surface area contributed by atoms with Gasteiger partial charge >= 0.3 is 11.9 Å². The molecule has 13 N–H and O–H groups in total. The van der Waals surface area contributed by atoms with Gasteiger partial charge in [-0.05, 0) is 30.8 Å². The lowest BCUT2D eigenvalue weighted by atomic mass is 10.0. The molecule has 0 spiro atoms. The number of aromatic amines is 1. The number of thioether (sulfide) groups is 1. The van der Waals surface area contributed by atoms with Crippen LogP contribution >= 0.6 is 24.4 Å². The number of aromatic nitrogens is 2. The Bertz CT molecular complexity index is 1450. The fourth-order valence-electron chi connectivity index (χ4n) is 4.53. The molecule has 0 aromatic carbocycles. The van der Waals surface area contributed by atoms with E-state index >= 15 is 0 Å². The molecule has 296 valence electrons. The van der Waals surface area contributed by atoms with Crippen molar-refractivity contribution in [2.75, 3.05) is 24.3 Å². The molecule has 0 saturated carbocycles. The maximum Gasteiger partial charge on any atom is 0.326 e. The molecule has 1 heterocycles. The number of nitrogens with one attached hydrogen (secondary N) is 7. The number of rotatable bonds is 25. The summed E-state index contributed by atoms with van der Waals surface area (Å²) in [6.45, 7) is 2.71. The molecule has 7 amide bonds. The van der Waals surface area contributed by atoms with Gasteiger partial charge in [0.15, 0.2) is 0 Å². The number of hydrogen-bond donors (Lipinski definition) is 12. The normalized spacial score (nSPS) is 14.3. The van der Waals surface area contributed by atoms with E-state index in [1.807, 2.05) is 0 Å². The number of nitrogens with two attached hydrogens (primary N) is 2. The molecular formula is C30H48N10O11S2. The predicted molar refractivity (Wildman–Crippen MR) is 193 cm³/mol. The van der Waals surface area contributed by atoms with Crippen LogP contribution in [-0.4, -0.2) is 134 Å². The molecule has 0 aliphatic heterocycles. The van der Waals surface area contributed by atoms with Crippen molar-refractivity contribution in [1.82, 2.24) is 41.9 Å². The van der Waals surface area contributed by atoms with Gasteiger partial charge in [-0.2, -0.15) is 24.4 Å². The highest BCUT2D eigenvalue weighted by atomic mass is 32.2. The van der Waals surface area contributed by atoms with Crippen molar-refractivity contribution in [2.24, 2.45) is 17.4 Å². The molecule has 1 aromatic heterocycles. The molecule has 1 rings (SSSR count). The van der Waals surface area contributed by atoms with Gasteiger partial charge in [0.25, 0.3) is 0 Å². The Hall–Kier alpha value is -4.90. The van der Waals surface area contributed by atoms with Crippen LogP contribution in [-0.2, 0) is 49.6 Å². The predicted octanol–water partition coefficient (Wildman–Crippen LogP) is -4.02. The molecule has 23 heteroatoms. The molecule has 0 fully saturated rings. The standard InChI is InChI=1S/C30H48N10O11S2/c1-14(2)6-18(38-29(49)20(9-24(43)44)40-27(47)17(4-5-53-3)37-25(45)16(31)12-52)28(48)39-19(7-15-10-33-13-35-15)26(46)34-11-23(42)36-21(30(50)51)8-22(32)41/h10,13-14,16-21,52H,4-9,11-12,31H2,1-3H3,(H2,32,41)(H,33,35)(H,34,46)(H,36,42)(H,37,45)(H,38,49)(H,39,48)(H,40,47)(H,43,44)(H,50,51)/t16-,17-,18-,19-,20-,21-/m0/s1. The maximum absolute atomic E-state index is 13.6. The first-order valence-electron chi connectivity index (χ1n) is 16.2. The quantitative estimate of drug-likeness (QED) is 0.0420. The lowest BCUT2D eigenvalue weighted by Crippen LogP contribution is -2.59. The number of carbonyl (C=O) groups excluding carboxylic acids is 7. The highest BCUT2D eigenvalue weighted by Gasteiger charge is 2.33. The monoisotopic (exact) mass is 788 g/mol. The summed E-state index contributed by atoms with van der Waals surface area (Å²) in [7, 11) is 0. The van der Waals surface area contributed by atoms with E-state index in [1.165, 1.54) is 24.3 Å². The summed E-state index contributed by atoms with van der Waals surface area (Å²) < 4.78 is 0. The number of aliphatic carboxylic acids is 2. The number of nitrogens with zero attached hydrogens (tertiary/aromatic N) is 1. The fraction of sp³-hybridized carbons (Fsp3) is 0.600. The van der Waals surface area contributed by atoms with Gasteiger partial charge in [-0.15, -0.1) is 0 Å². The zero-order valence-electron chi connectivity index (χ0n) is 29.4. The summed E-state index contributed by atoms with van der Waals surface area (Å²) in [6.07, 6.45) is 2.79. The largest absolute Gasteiger partial charge is 0.481 e. The maximum atomic E-state index is 13.6. The summed E-state index contributed by atoms with van der Waals surface area (Å²) in [5, 5.41) is 32.9. The molecule has 0 unspecified atom stereocenters. The Balaban J connectivity index is 3.21. The third-order valence-corrected chi connectivity index (χ3v) is 8.24. The van der Waals surface area contributed by atoms with Gasteiger partial charge in [0, 0.05) is 24.1 Å². The highest BCUT2D eigenvalue weighted by molar-refractivity contribution is 7.98. The molecule has 0 saturated heterocycles. The Kier molecular flexibility index (Phi) is 20.6. The van der Waals surface area contributed by atoms with Gasteiger partial charge in [0.2, 0.25) is 41.4 Å². The van der Waals surface area contributed by atoms with Crippen LogP contribution in [0.15, 0.2) is 12.5 Å². The van der Waals surface area contributed by atoms with Crippen molar-refractivity contribution in [3.63, 3.8) is 0 Å². The van der Waals surface area contributed by atoms with Crippen molar-refractivity contribution in [3.05, 3.63) is 18.2 Å². The zero-order chi connectivity index (χ0) is 40.2. The van der Waals surface area contributed by atoms with Crippen LogP contribution < -0.4 is 43.4 Å². The summed E-state index contributed by atoms with van der Waals surface area (Å²) in [4.78, 5) is 119. The molecule has 6 atom stereocenters. The Morgan fingerprint density at radius 2 is 1.42 bits per heavy atom. The van der Waals surface area contributed by atoms with E-state index in [-0.39, 0.29) is 30.9 Å². The molecule has 1 aromatic rings. The number of H-pyrrole nitrogens is 1. The minimum Gasteiger partial charge on any atom is -0.481 e. The second-order valence-corrected chi connectivity index (χ2v) is 13.5. The fourth-order valence-corrected chi connectivity index (χ4v) is 5.17. The second kappa shape index (κ2) is 23.6. The van der Waals surface area contributed by atoms with E-state index in [0.717, 1.165) is 0 Å². The second-order valence-electron chi connectivity index (χ2n) is 12.2. The SMILES string of the molecule is CSCC[C@H](NC(=O)[C@@H](N)CS)C(=O)N[C@@H](CC(=O)O)C(=O)N[C@@H](CC(C)C)C(=O)N[C@@H](Cc1cnc[nH]1)C(=O)NCC(=O)N[C@@H](CC(N)=O)C(=O)O. The molecule has 0 aliphatic rings. The van der Waals surface area contributed by atoms with Crippen molar-refractivity contribution < 1.29 is 53.4 Å². The summed E-state index contributed by atoms with van der Waals surface area (Å²) in [6, 6.07) is -8.30. The average Bonchev–Trinajstić information content (AvgIpc) is 3.59. The first-order valence-corrected chi connectivity index (χ1v) is 18.2. The number of primary amides is 1. The zero-order valence-corrected chi connectivity index (χ0v) is 31.1. The third-order valence-electron chi connectivity index (χ3n) is 7.20. The smallest absolute Gasteiger partial charge is 0.326 e. The van der Waals surface area contributed by atoms with Crippen LogP contribution in [0.2, 0.25) is 0 Å². The molecular weight excluding hydrogens is 741 g/mol. The van der Waals surface area contributed by atoms with E-state index in [4.69, 9.17) is 11.5 Å². The number of imidazole rings is 1. The first-order chi connectivity index (χ1) is 24.9. The van der Waals surface area contributed by atoms with E-state index in [1.54, 1.807) is 20.1 Å². The van der Waals surface area contributed by atoms with Gasteiger partial charge in [-0.25, -0.2) is 9.78 Å².